The second kappa shape index (κ2) is 6.41. The number of amides is 4. The van der Waals surface area contributed by atoms with E-state index in [0.717, 1.165) is 24.2 Å². The third kappa shape index (κ3) is 2.64. The van der Waals surface area contributed by atoms with Gasteiger partial charge in [0.05, 0.1) is 17.8 Å². The third-order valence-corrected chi connectivity index (χ3v) is 8.05. The van der Waals surface area contributed by atoms with E-state index in [0.29, 0.717) is 34.3 Å². The lowest BCUT2D eigenvalue weighted by Gasteiger charge is -2.58. The fourth-order valence-electron chi connectivity index (χ4n) is 6.46. The van der Waals surface area contributed by atoms with Crippen molar-refractivity contribution >= 4 is 29.2 Å². The molecule has 0 atom stereocenters. The Morgan fingerprint density at radius 1 is 0.967 bits per heavy atom. The molecule has 5 fully saturated rings. The zero-order valence-electron chi connectivity index (χ0n) is 16.4. The van der Waals surface area contributed by atoms with Crippen molar-refractivity contribution in [3.63, 3.8) is 0 Å². The van der Waals surface area contributed by atoms with Crippen LogP contribution in [0.1, 0.15) is 44.2 Å². The Kier molecular flexibility index (Phi) is 3.87. The first kappa shape index (κ1) is 18.1. The van der Waals surface area contributed by atoms with Gasteiger partial charge in [-0.25, -0.2) is 29.5 Å². The first-order valence-corrected chi connectivity index (χ1v) is 11.3. The highest BCUT2D eigenvalue weighted by Gasteiger charge is 2.61. The Morgan fingerprint density at radius 2 is 1.60 bits per heavy atom. The summed E-state index contributed by atoms with van der Waals surface area (Å²) in [4.78, 5) is 54.2. The van der Waals surface area contributed by atoms with Gasteiger partial charge in [0.2, 0.25) is 0 Å². The first-order valence-electron chi connectivity index (χ1n) is 10.4. The van der Waals surface area contributed by atoms with Gasteiger partial charge in [-0.1, -0.05) is 0 Å². The van der Waals surface area contributed by atoms with Crippen LogP contribution in [0.3, 0.4) is 0 Å². The van der Waals surface area contributed by atoms with Crippen LogP contribution in [0.2, 0.25) is 0 Å². The molecule has 8 nitrogen and oxygen atoms in total. The van der Waals surface area contributed by atoms with Crippen molar-refractivity contribution in [3.8, 4) is 10.8 Å². The van der Waals surface area contributed by atoms with E-state index in [1.54, 1.807) is 23.8 Å². The van der Waals surface area contributed by atoms with Gasteiger partial charge < -0.3 is 0 Å². The fourth-order valence-corrected chi connectivity index (χ4v) is 7.21. The molecular weight excluding hydrogens is 402 g/mol. The van der Waals surface area contributed by atoms with Crippen molar-refractivity contribution in [2.24, 2.45) is 17.8 Å². The molecule has 4 aliphatic carbocycles. The summed E-state index contributed by atoms with van der Waals surface area (Å²) in [5.74, 6) is 0.832. The van der Waals surface area contributed by atoms with Crippen LogP contribution in [0.15, 0.2) is 23.8 Å². The van der Waals surface area contributed by atoms with Gasteiger partial charge in [0.15, 0.2) is 10.8 Å². The van der Waals surface area contributed by atoms with Gasteiger partial charge in [-0.05, 0) is 62.3 Å². The van der Waals surface area contributed by atoms with Crippen LogP contribution in [0.25, 0.3) is 10.8 Å². The Hall–Kier alpha value is -2.68. The number of hydrogen-bond acceptors (Lipinski definition) is 7. The lowest BCUT2D eigenvalue weighted by Crippen LogP contribution is -2.61. The van der Waals surface area contributed by atoms with Gasteiger partial charge in [0.1, 0.15) is 0 Å². The molecule has 0 radical (unpaired) electrons. The van der Waals surface area contributed by atoms with Crippen molar-refractivity contribution < 1.29 is 14.4 Å². The van der Waals surface area contributed by atoms with E-state index in [4.69, 9.17) is 0 Å². The normalized spacial score (nSPS) is 32.5. The van der Waals surface area contributed by atoms with E-state index in [9.17, 15) is 14.4 Å². The van der Waals surface area contributed by atoms with Crippen molar-refractivity contribution in [3.05, 3.63) is 29.5 Å². The van der Waals surface area contributed by atoms with Gasteiger partial charge >= 0.3 is 17.8 Å². The molecule has 154 valence electrons. The Bertz CT molecular complexity index is 1020. The van der Waals surface area contributed by atoms with Crippen LogP contribution < -0.4 is 0 Å². The molecule has 4 amide bonds. The van der Waals surface area contributed by atoms with Crippen molar-refractivity contribution in [1.82, 2.24) is 24.8 Å². The van der Waals surface area contributed by atoms with Gasteiger partial charge in [-0.3, -0.25) is 9.59 Å². The van der Waals surface area contributed by atoms with Crippen LogP contribution in [0.5, 0.6) is 0 Å². The maximum absolute atomic E-state index is 13.3. The van der Waals surface area contributed by atoms with E-state index >= 15 is 0 Å². The number of carbonyl (C=O) groups excluding carboxylic acids is 3. The standard InChI is InChI=1S/C21H21N5O3S/c27-18-19(28)26(21-7-12-4-13(8-21)6-14(5-12)9-21)20(29)25(18)10-15-11-30-17(24-15)16-22-2-1-3-23-16/h1-3,11-14H,4-10H2. The Labute approximate surface area is 177 Å². The minimum absolute atomic E-state index is 0.00436. The average Bonchev–Trinajstić information content (AvgIpc) is 3.27. The third-order valence-electron chi connectivity index (χ3n) is 7.16. The Balaban J connectivity index is 1.26. The van der Waals surface area contributed by atoms with Crippen molar-refractivity contribution in [2.75, 3.05) is 0 Å². The second-order valence-corrected chi connectivity index (χ2v) is 10.0. The Morgan fingerprint density at radius 3 is 2.23 bits per heavy atom. The summed E-state index contributed by atoms with van der Waals surface area (Å²) in [6, 6.07) is 1.25. The molecule has 4 saturated carbocycles. The fraction of sp³-hybridized carbons (Fsp3) is 0.524. The molecule has 1 aliphatic heterocycles. The maximum Gasteiger partial charge on any atom is 0.335 e. The summed E-state index contributed by atoms with van der Waals surface area (Å²) < 4.78 is 0. The molecule has 2 aromatic rings. The van der Waals surface area contributed by atoms with Crippen LogP contribution >= 0.6 is 11.3 Å². The highest BCUT2D eigenvalue weighted by Crippen LogP contribution is 2.58. The second-order valence-electron chi connectivity index (χ2n) is 9.17. The average molecular weight is 423 g/mol. The number of hydrogen-bond donors (Lipinski definition) is 0. The number of rotatable bonds is 4. The predicted molar refractivity (Wildman–Crippen MR) is 107 cm³/mol. The van der Waals surface area contributed by atoms with Gasteiger partial charge in [-0.15, -0.1) is 11.3 Å². The molecular formula is C21H21N5O3S. The van der Waals surface area contributed by atoms with Crippen LogP contribution in [-0.4, -0.2) is 48.1 Å². The molecule has 4 bridgehead atoms. The molecule has 0 spiro atoms. The number of aromatic nitrogens is 3. The smallest absolute Gasteiger partial charge is 0.263 e. The lowest BCUT2D eigenvalue weighted by molar-refractivity contribution is -0.150. The van der Waals surface area contributed by atoms with E-state index < -0.39 is 23.4 Å². The highest BCUT2D eigenvalue weighted by molar-refractivity contribution is 7.13. The monoisotopic (exact) mass is 423 g/mol. The van der Waals surface area contributed by atoms with Gasteiger partial charge in [0.25, 0.3) is 0 Å². The molecule has 9 heteroatoms. The molecule has 0 unspecified atom stereocenters. The zero-order valence-corrected chi connectivity index (χ0v) is 17.2. The SMILES string of the molecule is O=C1C(=O)N(C23CC4CC(CC(C4)C2)C3)C(=O)N1Cc1csc(-c2ncccn2)n1. The van der Waals surface area contributed by atoms with Crippen LogP contribution in [-0.2, 0) is 16.1 Å². The number of carbonyl (C=O) groups is 3. The first-order chi connectivity index (χ1) is 14.5. The summed E-state index contributed by atoms with van der Waals surface area (Å²) in [6.07, 6.45) is 9.44. The maximum atomic E-state index is 13.3. The summed E-state index contributed by atoms with van der Waals surface area (Å²) in [5, 5.41) is 2.40. The number of imide groups is 2. The van der Waals surface area contributed by atoms with Gasteiger partial charge in [0, 0.05) is 17.8 Å². The molecule has 2 aromatic heterocycles. The minimum Gasteiger partial charge on any atom is -0.263 e. The molecule has 1 saturated heterocycles. The summed E-state index contributed by atoms with van der Waals surface area (Å²) in [5.41, 5.74) is 0.0997. The molecule has 0 N–H and O–H groups in total. The number of urea groups is 1. The molecule has 3 heterocycles. The molecule has 7 rings (SSSR count). The minimum atomic E-state index is -0.735. The van der Waals surface area contributed by atoms with E-state index in [2.05, 4.69) is 15.0 Å². The van der Waals surface area contributed by atoms with Crippen LogP contribution in [0.4, 0.5) is 4.79 Å². The topological polar surface area (TPSA) is 96.4 Å². The quantitative estimate of drug-likeness (QED) is 0.554. The number of nitrogens with zero attached hydrogens (tertiary/aromatic N) is 5. The number of thiazole rings is 1. The van der Waals surface area contributed by atoms with Crippen molar-refractivity contribution in [1.29, 1.82) is 0 Å². The van der Waals surface area contributed by atoms with E-state index in [1.165, 1.54) is 35.5 Å². The predicted octanol–water partition coefficient (Wildman–Crippen LogP) is 2.86. The summed E-state index contributed by atoms with van der Waals surface area (Å²) in [6.45, 7) is -0.00436. The van der Waals surface area contributed by atoms with E-state index in [1.807, 2.05) is 0 Å². The van der Waals surface area contributed by atoms with Gasteiger partial charge in [-0.2, -0.15) is 0 Å². The van der Waals surface area contributed by atoms with Crippen LogP contribution in [0, 0.1) is 17.8 Å². The molecule has 5 aliphatic rings. The summed E-state index contributed by atoms with van der Waals surface area (Å²) in [7, 11) is 0. The zero-order chi connectivity index (χ0) is 20.5. The lowest BCUT2D eigenvalue weighted by atomic mass is 9.52. The highest BCUT2D eigenvalue weighted by atomic mass is 32.1. The molecule has 30 heavy (non-hydrogen) atoms. The van der Waals surface area contributed by atoms with E-state index in [-0.39, 0.29) is 6.54 Å². The summed E-state index contributed by atoms with van der Waals surface area (Å²) >= 11 is 1.35. The molecule has 0 aromatic carbocycles. The largest absolute Gasteiger partial charge is 0.335 e. The van der Waals surface area contributed by atoms with Crippen molar-refractivity contribution in [2.45, 2.75) is 50.6 Å².